The fourth-order valence-corrected chi connectivity index (χ4v) is 3.44. The van der Waals surface area contributed by atoms with Crippen LogP contribution in [-0.2, 0) is 0 Å². The summed E-state index contributed by atoms with van der Waals surface area (Å²) in [7, 11) is 0. The van der Waals surface area contributed by atoms with Crippen LogP contribution < -0.4 is 10.6 Å². The van der Waals surface area contributed by atoms with E-state index in [1.54, 1.807) is 6.26 Å². The fourth-order valence-electron chi connectivity index (χ4n) is 3.44. The third-order valence-corrected chi connectivity index (χ3v) is 4.69. The molecule has 1 saturated heterocycles. The number of aromatic nitrogens is 1. The summed E-state index contributed by atoms with van der Waals surface area (Å²) in [6.07, 6.45) is 3.51. The number of halogens is 2. The first-order valence-electron chi connectivity index (χ1n) is 8.68. The van der Waals surface area contributed by atoms with Gasteiger partial charge in [-0.2, -0.15) is 0 Å². The average Bonchev–Trinajstić information content (AvgIpc) is 3.15. The van der Waals surface area contributed by atoms with E-state index in [1.165, 1.54) is 0 Å². The lowest BCUT2D eigenvalue weighted by molar-refractivity contribution is 0.0927. The lowest BCUT2D eigenvalue weighted by Gasteiger charge is -2.28. The number of piperidine rings is 1. The van der Waals surface area contributed by atoms with Crippen molar-refractivity contribution in [1.29, 1.82) is 0 Å². The molecule has 0 bridgehead atoms. The summed E-state index contributed by atoms with van der Waals surface area (Å²) >= 11 is 0. The van der Waals surface area contributed by atoms with Gasteiger partial charge in [-0.05, 0) is 50.6 Å². The second-order valence-corrected chi connectivity index (χ2v) is 6.60. The normalized spacial score (nSPS) is 19.0. The summed E-state index contributed by atoms with van der Waals surface area (Å²) in [6.45, 7) is 3.08. The maximum atomic E-state index is 13.0. The quantitative estimate of drug-likeness (QED) is 0.682. The molecule has 0 aliphatic carbocycles. The van der Waals surface area contributed by atoms with E-state index in [0.717, 1.165) is 30.3 Å². The number of fused-ring (bicyclic) bond motifs is 1. The van der Waals surface area contributed by atoms with Gasteiger partial charge in [0.1, 0.15) is 5.69 Å². The van der Waals surface area contributed by atoms with Crippen molar-refractivity contribution in [2.45, 2.75) is 31.8 Å². The van der Waals surface area contributed by atoms with Crippen LogP contribution >= 0.6 is 24.8 Å². The van der Waals surface area contributed by atoms with E-state index >= 15 is 0 Å². The van der Waals surface area contributed by atoms with Crippen molar-refractivity contribution in [2.24, 2.45) is 0 Å². The van der Waals surface area contributed by atoms with Gasteiger partial charge in [0.15, 0.2) is 5.76 Å². The maximum Gasteiger partial charge on any atom is 0.252 e. The molecule has 0 radical (unpaired) electrons. The van der Waals surface area contributed by atoms with Crippen LogP contribution in [0.25, 0.3) is 22.4 Å². The smallest absolute Gasteiger partial charge is 0.252 e. The van der Waals surface area contributed by atoms with Gasteiger partial charge < -0.3 is 15.1 Å². The lowest BCUT2D eigenvalue weighted by atomic mass is 9.99. The van der Waals surface area contributed by atoms with Crippen LogP contribution in [0.4, 0.5) is 0 Å². The number of amides is 1. The standard InChI is InChI=1S/C20H21N3O2.2ClH/c1-13-11-14(8-9-21-13)22-20(24)16-12-18(19-7-4-10-25-19)23-17-6-3-2-5-15(16)17;;/h2-7,10,12-14,21H,8-9,11H2,1H3,(H,22,24);2*1H. The number of carbonyl (C=O) groups excluding carboxylic acids is 1. The Kier molecular flexibility index (Phi) is 7.25. The van der Waals surface area contributed by atoms with Crippen molar-refractivity contribution < 1.29 is 9.21 Å². The zero-order valence-corrected chi connectivity index (χ0v) is 16.6. The Bertz CT molecular complexity index is 899. The van der Waals surface area contributed by atoms with E-state index in [9.17, 15) is 4.79 Å². The van der Waals surface area contributed by atoms with Crippen molar-refractivity contribution in [1.82, 2.24) is 15.6 Å². The van der Waals surface area contributed by atoms with Crippen LogP contribution in [-0.4, -0.2) is 29.5 Å². The van der Waals surface area contributed by atoms with E-state index in [-0.39, 0.29) is 36.8 Å². The third-order valence-electron chi connectivity index (χ3n) is 4.69. The highest BCUT2D eigenvalue weighted by Gasteiger charge is 2.22. The van der Waals surface area contributed by atoms with Crippen LogP contribution in [0.1, 0.15) is 30.1 Å². The zero-order chi connectivity index (χ0) is 17.2. The second kappa shape index (κ2) is 9.22. The summed E-state index contributed by atoms with van der Waals surface area (Å²) in [5.74, 6) is 0.612. The number of carbonyl (C=O) groups is 1. The molecule has 0 spiro atoms. The molecule has 4 rings (SSSR count). The molecule has 144 valence electrons. The van der Waals surface area contributed by atoms with Crippen molar-refractivity contribution in [3.05, 3.63) is 54.3 Å². The van der Waals surface area contributed by atoms with Crippen LogP contribution in [0.5, 0.6) is 0 Å². The van der Waals surface area contributed by atoms with Crippen molar-refractivity contribution >= 4 is 41.6 Å². The van der Waals surface area contributed by atoms with E-state index in [0.29, 0.717) is 23.1 Å². The number of benzene rings is 1. The lowest BCUT2D eigenvalue weighted by Crippen LogP contribution is -2.46. The molecule has 7 heteroatoms. The number of pyridine rings is 1. The van der Waals surface area contributed by atoms with Crippen LogP contribution in [0, 0.1) is 0 Å². The van der Waals surface area contributed by atoms with E-state index in [2.05, 4.69) is 22.5 Å². The summed E-state index contributed by atoms with van der Waals surface area (Å²) < 4.78 is 5.46. The number of para-hydroxylation sites is 1. The first-order valence-corrected chi connectivity index (χ1v) is 8.68. The Hall–Kier alpha value is -2.08. The Morgan fingerprint density at radius 2 is 2.04 bits per heavy atom. The molecule has 2 N–H and O–H groups in total. The van der Waals surface area contributed by atoms with Gasteiger partial charge in [-0.1, -0.05) is 18.2 Å². The molecule has 1 aliphatic heterocycles. The molecule has 2 unspecified atom stereocenters. The minimum absolute atomic E-state index is 0. The summed E-state index contributed by atoms with van der Waals surface area (Å²) in [5, 5.41) is 7.46. The van der Waals surface area contributed by atoms with Crippen molar-refractivity contribution in [3.63, 3.8) is 0 Å². The highest BCUT2D eigenvalue weighted by molar-refractivity contribution is 6.07. The molecule has 3 heterocycles. The average molecular weight is 408 g/mol. The molecular weight excluding hydrogens is 385 g/mol. The van der Waals surface area contributed by atoms with E-state index in [1.807, 2.05) is 42.5 Å². The Balaban J connectivity index is 0.00000131. The molecule has 5 nitrogen and oxygen atoms in total. The van der Waals surface area contributed by atoms with Gasteiger partial charge in [0, 0.05) is 17.5 Å². The number of hydrogen-bond donors (Lipinski definition) is 2. The second-order valence-electron chi connectivity index (χ2n) is 6.60. The van der Waals surface area contributed by atoms with Crippen LogP contribution in [0.15, 0.2) is 53.1 Å². The highest BCUT2D eigenvalue weighted by Crippen LogP contribution is 2.25. The van der Waals surface area contributed by atoms with Crippen molar-refractivity contribution in [3.8, 4) is 11.5 Å². The predicted octanol–water partition coefficient (Wildman–Crippen LogP) is 4.21. The molecule has 27 heavy (non-hydrogen) atoms. The first kappa shape index (κ1) is 21.2. The monoisotopic (exact) mass is 407 g/mol. The number of furan rings is 1. The molecule has 1 aromatic carbocycles. The number of hydrogen-bond acceptors (Lipinski definition) is 4. The molecule has 1 amide bonds. The number of nitrogens with one attached hydrogen (secondary N) is 2. The largest absolute Gasteiger partial charge is 0.463 e. The zero-order valence-electron chi connectivity index (χ0n) is 15.0. The predicted molar refractivity (Wildman–Crippen MR) is 112 cm³/mol. The Morgan fingerprint density at radius 1 is 1.22 bits per heavy atom. The molecule has 1 fully saturated rings. The summed E-state index contributed by atoms with van der Waals surface area (Å²) in [5.41, 5.74) is 2.11. The van der Waals surface area contributed by atoms with Crippen molar-refractivity contribution in [2.75, 3.05) is 6.54 Å². The molecule has 3 aromatic rings. The fraction of sp³-hybridized carbons (Fsp3) is 0.300. The first-order chi connectivity index (χ1) is 12.2. The number of nitrogens with zero attached hydrogens (tertiary/aromatic N) is 1. The van der Waals surface area contributed by atoms with Gasteiger partial charge in [0.05, 0.1) is 17.3 Å². The molecule has 1 aliphatic rings. The molecule has 2 atom stereocenters. The topological polar surface area (TPSA) is 67.2 Å². The molecular formula is C20H23Cl2N3O2. The van der Waals surface area contributed by atoms with Gasteiger partial charge in [-0.3, -0.25) is 4.79 Å². The van der Waals surface area contributed by atoms with Crippen LogP contribution in [0.3, 0.4) is 0 Å². The Labute approximate surface area is 170 Å². The highest BCUT2D eigenvalue weighted by atomic mass is 35.5. The van der Waals surface area contributed by atoms with Gasteiger partial charge in [0.2, 0.25) is 0 Å². The minimum Gasteiger partial charge on any atom is -0.463 e. The maximum absolute atomic E-state index is 13.0. The molecule has 0 saturated carbocycles. The van der Waals surface area contributed by atoms with Gasteiger partial charge in [0.25, 0.3) is 5.91 Å². The van der Waals surface area contributed by atoms with Gasteiger partial charge in [-0.25, -0.2) is 4.98 Å². The van der Waals surface area contributed by atoms with Crippen LogP contribution in [0.2, 0.25) is 0 Å². The van der Waals surface area contributed by atoms with Gasteiger partial charge >= 0.3 is 0 Å². The molecule has 2 aromatic heterocycles. The van der Waals surface area contributed by atoms with E-state index < -0.39 is 0 Å². The Morgan fingerprint density at radius 3 is 2.78 bits per heavy atom. The SMILES string of the molecule is CC1CC(NC(=O)c2cc(-c3ccco3)nc3ccccc23)CCN1.Cl.Cl. The summed E-state index contributed by atoms with van der Waals surface area (Å²) in [4.78, 5) is 17.6. The van der Waals surface area contributed by atoms with Gasteiger partial charge in [-0.15, -0.1) is 24.8 Å². The minimum atomic E-state index is -0.0505. The summed E-state index contributed by atoms with van der Waals surface area (Å²) in [6, 6.07) is 13.8. The third kappa shape index (κ3) is 4.61. The van der Waals surface area contributed by atoms with E-state index in [4.69, 9.17) is 4.42 Å². The number of rotatable bonds is 3.